The van der Waals surface area contributed by atoms with Gasteiger partial charge in [-0.2, -0.15) is 0 Å². The van der Waals surface area contributed by atoms with Crippen LogP contribution in [-0.2, 0) is 0 Å². The summed E-state index contributed by atoms with van der Waals surface area (Å²) in [7, 11) is 0. The summed E-state index contributed by atoms with van der Waals surface area (Å²) in [5.74, 6) is 1.39. The summed E-state index contributed by atoms with van der Waals surface area (Å²) in [6.07, 6.45) is 13.6. The number of hydrogen-bond donors (Lipinski definition) is 0. The first kappa shape index (κ1) is 21.2. The van der Waals surface area contributed by atoms with Gasteiger partial charge in [-0.05, 0) is 60.8 Å². The quantitative estimate of drug-likeness (QED) is 0.363. The molecule has 0 bridgehead atoms. The van der Waals surface area contributed by atoms with Gasteiger partial charge in [0.05, 0.1) is 0 Å². The van der Waals surface area contributed by atoms with E-state index in [1.165, 1.54) is 86.5 Å². The van der Waals surface area contributed by atoms with Crippen molar-refractivity contribution in [1.29, 1.82) is 0 Å². The van der Waals surface area contributed by atoms with Crippen LogP contribution in [0.4, 0.5) is 0 Å². The summed E-state index contributed by atoms with van der Waals surface area (Å²) in [5.41, 5.74) is 9.11. The van der Waals surface area contributed by atoms with Crippen LogP contribution in [0.2, 0.25) is 0 Å². The molecule has 0 saturated heterocycles. The van der Waals surface area contributed by atoms with Gasteiger partial charge in [0, 0.05) is 0 Å². The van der Waals surface area contributed by atoms with Crippen molar-refractivity contribution >= 4 is 0 Å². The molecule has 0 fully saturated rings. The Bertz CT molecular complexity index is 689. The zero-order chi connectivity index (χ0) is 19.9. The third kappa shape index (κ3) is 4.88. The number of fused-ring (bicyclic) bond motifs is 3. The van der Waals surface area contributed by atoms with E-state index in [1.807, 2.05) is 0 Å². The monoisotopic (exact) mass is 376 g/mol. The maximum Gasteiger partial charge on any atom is -0.00866 e. The lowest BCUT2D eigenvalue weighted by Gasteiger charge is -2.36. The molecule has 0 heterocycles. The molecule has 28 heavy (non-hydrogen) atoms. The zero-order valence-electron chi connectivity index (χ0n) is 18.7. The van der Waals surface area contributed by atoms with Crippen LogP contribution in [0, 0.1) is 13.8 Å². The largest absolute Gasteiger partial charge is 0.0654 e. The molecule has 0 saturated carbocycles. The van der Waals surface area contributed by atoms with Crippen LogP contribution in [-0.4, -0.2) is 0 Å². The molecule has 2 aromatic rings. The van der Waals surface area contributed by atoms with Crippen LogP contribution in [0.25, 0.3) is 11.1 Å². The Kier molecular flexibility index (Phi) is 7.77. The highest BCUT2D eigenvalue weighted by Crippen LogP contribution is 2.51. The highest BCUT2D eigenvalue weighted by atomic mass is 14.4. The van der Waals surface area contributed by atoms with Crippen LogP contribution < -0.4 is 0 Å². The third-order valence-corrected chi connectivity index (χ3v) is 6.73. The minimum Gasteiger partial charge on any atom is -0.0654 e. The van der Waals surface area contributed by atoms with Gasteiger partial charge in [-0.3, -0.25) is 0 Å². The highest BCUT2D eigenvalue weighted by molar-refractivity contribution is 5.76. The highest BCUT2D eigenvalue weighted by Gasteiger charge is 2.33. The minimum absolute atomic E-state index is 0.697. The van der Waals surface area contributed by atoms with Gasteiger partial charge in [0.1, 0.15) is 0 Å². The molecule has 1 aliphatic rings. The molecule has 0 N–H and O–H groups in total. The van der Waals surface area contributed by atoms with E-state index in [0.717, 1.165) is 0 Å². The molecule has 0 spiro atoms. The summed E-state index contributed by atoms with van der Waals surface area (Å²) in [6, 6.07) is 14.4. The van der Waals surface area contributed by atoms with Gasteiger partial charge in [0.25, 0.3) is 0 Å². The fourth-order valence-electron chi connectivity index (χ4n) is 5.20. The van der Waals surface area contributed by atoms with Crippen LogP contribution in [0.1, 0.15) is 112 Å². The smallest absolute Gasteiger partial charge is 0.00866 e. The first-order valence-electron chi connectivity index (χ1n) is 11.9. The molecule has 2 unspecified atom stereocenters. The van der Waals surface area contributed by atoms with Gasteiger partial charge in [0.2, 0.25) is 0 Å². The predicted octanol–water partition coefficient (Wildman–Crippen LogP) is 9.09. The molecule has 0 nitrogen and oxygen atoms in total. The molecule has 1 aliphatic carbocycles. The molecule has 3 rings (SSSR count). The lowest BCUT2D eigenvalue weighted by atomic mass is 9.67. The van der Waals surface area contributed by atoms with Gasteiger partial charge < -0.3 is 0 Å². The molecule has 2 aromatic carbocycles. The van der Waals surface area contributed by atoms with E-state index in [1.54, 1.807) is 11.1 Å². The second-order valence-corrected chi connectivity index (χ2v) is 9.09. The molecule has 0 amide bonds. The van der Waals surface area contributed by atoms with E-state index in [9.17, 15) is 0 Å². The van der Waals surface area contributed by atoms with Gasteiger partial charge in [-0.1, -0.05) is 113 Å². The van der Waals surface area contributed by atoms with Crippen molar-refractivity contribution in [1.82, 2.24) is 0 Å². The van der Waals surface area contributed by atoms with Crippen molar-refractivity contribution in [2.24, 2.45) is 0 Å². The van der Waals surface area contributed by atoms with Crippen molar-refractivity contribution in [2.45, 2.75) is 104 Å². The fourth-order valence-corrected chi connectivity index (χ4v) is 5.20. The van der Waals surface area contributed by atoms with Gasteiger partial charge in [-0.25, -0.2) is 0 Å². The summed E-state index contributed by atoms with van der Waals surface area (Å²) < 4.78 is 0. The third-order valence-electron chi connectivity index (χ3n) is 6.73. The van der Waals surface area contributed by atoms with E-state index in [-0.39, 0.29) is 0 Å². The van der Waals surface area contributed by atoms with E-state index in [2.05, 4.69) is 64.1 Å². The van der Waals surface area contributed by atoms with Crippen LogP contribution in [0.5, 0.6) is 0 Å². The second-order valence-electron chi connectivity index (χ2n) is 9.09. The van der Waals surface area contributed by atoms with Crippen molar-refractivity contribution in [3.05, 3.63) is 58.7 Å². The number of aryl methyl sites for hydroxylation is 2. The van der Waals surface area contributed by atoms with Crippen molar-refractivity contribution < 1.29 is 0 Å². The SMILES string of the molecule is CCCCCCC1c2cc(C)ccc2-c2ccc(C)cc2C1CCCCCC. The van der Waals surface area contributed by atoms with Crippen molar-refractivity contribution in [3.63, 3.8) is 0 Å². The number of hydrogen-bond acceptors (Lipinski definition) is 0. The molecule has 2 atom stereocenters. The summed E-state index contributed by atoms with van der Waals surface area (Å²) in [4.78, 5) is 0. The average molecular weight is 377 g/mol. The lowest BCUT2D eigenvalue weighted by Crippen LogP contribution is -2.19. The fraction of sp³-hybridized carbons (Fsp3) is 0.571. The Morgan fingerprint density at radius 2 is 1.00 bits per heavy atom. The standard InChI is InChI=1S/C28H40/c1-5-7-9-11-13-23-24(14-12-10-8-6-2)28-20-22(4)16-18-26(28)25-17-15-21(3)19-27(23)25/h15-20,23-24H,5-14H2,1-4H3. The Morgan fingerprint density at radius 1 is 0.571 bits per heavy atom. The number of rotatable bonds is 10. The average Bonchev–Trinajstić information content (AvgIpc) is 2.69. The normalized spacial score (nSPS) is 18.0. The first-order valence-corrected chi connectivity index (χ1v) is 11.9. The maximum atomic E-state index is 2.50. The van der Waals surface area contributed by atoms with Gasteiger partial charge in [-0.15, -0.1) is 0 Å². The Morgan fingerprint density at radius 3 is 1.39 bits per heavy atom. The molecular weight excluding hydrogens is 336 g/mol. The molecular formula is C28H40. The minimum atomic E-state index is 0.697. The van der Waals surface area contributed by atoms with Gasteiger partial charge in [0.15, 0.2) is 0 Å². The zero-order valence-corrected chi connectivity index (χ0v) is 18.7. The van der Waals surface area contributed by atoms with Crippen LogP contribution in [0.3, 0.4) is 0 Å². The Labute approximate surface area is 173 Å². The lowest BCUT2D eigenvalue weighted by molar-refractivity contribution is 0.433. The summed E-state index contributed by atoms with van der Waals surface area (Å²) in [6.45, 7) is 9.15. The molecule has 0 aromatic heterocycles. The van der Waals surface area contributed by atoms with E-state index < -0.39 is 0 Å². The topological polar surface area (TPSA) is 0 Å². The van der Waals surface area contributed by atoms with E-state index >= 15 is 0 Å². The molecule has 152 valence electrons. The van der Waals surface area contributed by atoms with Crippen LogP contribution >= 0.6 is 0 Å². The predicted molar refractivity (Wildman–Crippen MR) is 124 cm³/mol. The number of unbranched alkanes of at least 4 members (excludes halogenated alkanes) is 6. The Balaban J connectivity index is 1.96. The summed E-state index contributed by atoms with van der Waals surface area (Å²) in [5, 5.41) is 0. The van der Waals surface area contributed by atoms with E-state index in [4.69, 9.17) is 0 Å². The molecule has 0 aliphatic heterocycles. The second kappa shape index (κ2) is 10.3. The molecule has 0 radical (unpaired) electrons. The maximum absolute atomic E-state index is 2.50. The summed E-state index contributed by atoms with van der Waals surface area (Å²) >= 11 is 0. The number of benzene rings is 2. The van der Waals surface area contributed by atoms with Crippen LogP contribution in [0.15, 0.2) is 36.4 Å². The Hall–Kier alpha value is -1.56. The van der Waals surface area contributed by atoms with E-state index in [0.29, 0.717) is 11.8 Å². The molecule has 0 heteroatoms. The van der Waals surface area contributed by atoms with Crippen molar-refractivity contribution in [3.8, 4) is 11.1 Å². The first-order chi connectivity index (χ1) is 13.7. The van der Waals surface area contributed by atoms with Gasteiger partial charge >= 0.3 is 0 Å². The van der Waals surface area contributed by atoms with Crippen molar-refractivity contribution in [2.75, 3.05) is 0 Å².